The SMILES string of the molecule is COc1cccc2c1C[C@H](N)CC2.Cl. The van der Waals surface area contributed by atoms with E-state index in [0.717, 1.165) is 25.0 Å². The Bertz CT molecular complexity index is 300. The molecule has 0 amide bonds. The number of fused-ring (bicyclic) bond motifs is 1. The minimum absolute atomic E-state index is 0. The van der Waals surface area contributed by atoms with Gasteiger partial charge in [0.1, 0.15) is 5.75 Å². The smallest absolute Gasteiger partial charge is 0.122 e. The fourth-order valence-corrected chi connectivity index (χ4v) is 1.97. The third-order valence-electron chi connectivity index (χ3n) is 2.70. The zero-order valence-electron chi connectivity index (χ0n) is 8.32. The lowest BCUT2D eigenvalue weighted by molar-refractivity contribution is 0.403. The van der Waals surface area contributed by atoms with Gasteiger partial charge in [0.2, 0.25) is 0 Å². The monoisotopic (exact) mass is 213 g/mol. The van der Waals surface area contributed by atoms with Crippen LogP contribution in [0.15, 0.2) is 18.2 Å². The number of methoxy groups -OCH3 is 1. The predicted octanol–water partition coefficient (Wildman–Crippen LogP) is 1.93. The van der Waals surface area contributed by atoms with E-state index < -0.39 is 0 Å². The molecule has 0 aliphatic heterocycles. The van der Waals surface area contributed by atoms with Gasteiger partial charge in [-0.3, -0.25) is 0 Å². The standard InChI is InChI=1S/C11H15NO.ClH/c1-13-11-4-2-3-8-5-6-9(12)7-10(8)11;/h2-4,9H,5-7,12H2,1H3;1H/t9-;/m1./s1. The number of halogens is 1. The second kappa shape index (κ2) is 4.67. The molecular weight excluding hydrogens is 198 g/mol. The van der Waals surface area contributed by atoms with Gasteiger partial charge in [-0.25, -0.2) is 0 Å². The average molecular weight is 214 g/mol. The van der Waals surface area contributed by atoms with Crippen molar-refractivity contribution in [2.24, 2.45) is 5.73 Å². The summed E-state index contributed by atoms with van der Waals surface area (Å²) in [5.74, 6) is 0.993. The summed E-state index contributed by atoms with van der Waals surface area (Å²) in [4.78, 5) is 0. The van der Waals surface area contributed by atoms with Gasteiger partial charge in [-0.05, 0) is 36.5 Å². The van der Waals surface area contributed by atoms with Crippen LogP contribution in [-0.4, -0.2) is 13.2 Å². The Morgan fingerprint density at radius 1 is 1.43 bits per heavy atom. The lowest BCUT2D eigenvalue weighted by Gasteiger charge is -2.23. The maximum Gasteiger partial charge on any atom is 0.122 e. The molecule has 0 saturated heterocycles. The van der Waals surface area contributed by atoms with Crippen LogP contribution in [-0.2, 0) is 12.8 Å². The Labute approximate surface area is 90.9 Å². The summed E-state index contributed by atoms with van der Waals surface area (Å²) >= 11 is 0. The first-order chi connectivity index (χ1) is 6.31. The van der Waals surface area contributed by atoms with Crippen LogP contribution < -0.4 is 10.5 Å². The average Bonchev–Trinajstić information content (AvgIpc) is 2.17. The number of nitrogens with two attached hydrogens (primary N) is 1. The molecule has 1 aromatic rings. The van der Waals surface area contributed by atoms with E-state index >= 15 is 0 Å². The summed E-state index contributed by atoms with van der Waals surface area (Å²) in [6.07, 6.45) is 3.15. The molecule has 1 aliphatic carbocycles. The highest BCUT2D eigenvalue weighted by Gasteiger charge is 2.18. The molecule has 1 atom stereocenters. The number of hydrogen-bond donors (Lipinski definition) is 1. The van der Waals surface area contributed by atoms with Crippen LogP contribution in [0, 0.1) is 0 Å². The van der Waals surface area contributed by atoms with Crippen LogP contribution >= 0.6 is 12.4 Å². The van der Waals surface area contributed by atoms with Gasteiger partial charge in [0, 0.05) is 6.04 Å². The molecule has 78 valence electrons. The molecule has 2 nitrogen and oxygen atoms in total. The van der Waals surface area contributed by atoms with Crippen molar-refractivity contribution in [2.75, 3.05) is 7.11 Å². The van der Waals surface area contributed by atoms with Crippen molar-refractivity contribution in [2.45, 2.75) is 25.3 Å². The van der Waals surface area contributed by atoms with E-state index in [1.807, 2.05) is 6.07 Å². The zero-order valence-corrected chi connectivity index (χ0v) is 9.14. The molecule has 0 spiro atoms. The van der Waals surface area contributed by atoms with Gasteiger partial charge in [-0.1, -0.05) is 12.1 Å². The van der Waals surface area contributed by atoms with Crippen LogP contribution in [0.25, 0.3) is 0 Å². The molecule has 2 rings (SSSR count). The third-order valence-corrected chi connectivity index (χ3v) is 2.70. The van der Waals surface area contributed by atoms with Gasteiger partial charge in [-0.2, -0.15) is 0 Å². The van der Waals surface area contributed by atoms with Gasteiger partial charge < -0.3 is 10.5 Å². The Balaban J connectivity index is 0.000000980. The Hall–Kier alpha value is -0.730. The summed E-state index contributed by atoms with van der Waals surface area (Å²) < 4.78 is 5.31. The molecule has 0 saturated carbocycles. The van der Waals surface area contributed by atoms with Crippen molar-refractivity contribution in [3.63, 3.8) is 0 Å². The van der Waals surface area contributed by atoms with Gasteiger partial charge >= 0.3 is 0 Å². The van der Waals surface area contributed by atoms with E-state index in [4.69, 9.17) is 10.5 Å². The molecule has 0 aromatic heterocycles. The van der Waals surface area contributed by atoms with Crippen molar-refractivity contribution in [1.29, 1.82) is 0 Å². The molecule has 0 heterocycles. The van der Waals surface area contributed by atoms with E-state index in [-0.39, 0.29) is 12.4 Å². The van der Waals surface area contributed by atoms with Gasteiger partial charge in [0.25, 0.3) is 0 Å². The number of ether oxygens (including phenoxy) is 1. The predicted molar refractivity (Wildman–Crippen MR) is 60.2 cm³/mol. The largest absolute Gasteiger partial charge is 0.496 e. The van der Waals surface area contributed by atoms with E-state index in [1.54, 1.807) is 7.11 Å². The second-order valence-corrected chi connectivity index (χ2v) is 3.60. The Kier molecular flexibility index (Phi) is 3.78. The molecule has 0 radical (unpaired) electrons. The zero-order chi connectivity index (χ0) is 9.26. The first kappa shape index (κ1) is 11.3. The Morgan fingerprint density at radius 3 is 2.93 bits per heavy atom. The van der Waals surface area contributed by atoms with E-state index in [9.17, 15) is 0 Å². The van der Waals surface area contributed by atoms with Gasteiger partial charge in [-0.15, -0.1) is 12.4 Å². The highest BCUT2D eigenvalue weighted by atomic mass is 35.5. The van der Waals surface area contributed by atoms with Crippen molar-refractivity contribution in [3.05, 3.63) is 29.3 Å². The maximum atomic E-state index is 5.92. The van der Waals surface area contributed by atoms with Crippen LogP contribution in [0.4, 0.5) is 0 Å². The summed E-state index contributed by atoms with van der Waals surface area (Å²) in [5.41, 5.74) is 8.63. The van der Waals surface area contributed by atoms with Crippen LogP contribution in [0.5, 0.6) is 5.75 Å². The molecule has 0 bridgehead atoms. The highest BCUT2D eigenvalue weighted by molar-refractivity contribution is 5.85. The normalized spacial score (nSPS) is 19.4. The van der Waals surface area contributed by atoms with Crippen molar-refractivity contribution < 1.29 is 4.74 Å². The lowest BCUT2D eigenvalue weighted by atomic mass is 9.88. The molecule has 1 aliphatic rings. The number of hydrogen-bond acceptors (Lipinski definition) is 2. The number of rotatable bonds is 1. The van der Waals surface area contributed by atoms with Crippen molar-refractivity contribution in [3.8, 4) is 5.75 Å². The first-order valence-corrected chi connectivity index (χ1v) is 4.71. The molecule has 1 aromatic carbocycles. The lowest BCUT2D eigenvalue weighted by Crippen LogP contribution is -2.28. The minimum Gasteiger partial charge on any atom is -0.496 e. The molecular formula is C11H16ClNO. The third kappa shape index (κ3) is 2.02. The molecule has 14 heavy (non-hydrogen) atoms. The summed E-state index contributed by atoms with van der Waals surface area (Å²) in [6.45, 7) is 0. The van der Waals surface area contributed by atoms with E-state index in [1.165, 1.54) is 11.1 Å². The van der Waals surface area contributed by atoms with Gasteiger partial charge in [0.05, 0.1) is 7.11 Å². The fourth-order valence-electron chi connectivity index (χ4n) is 1.97. The van der Waals surface area contributed by atoms with Crippen LogP contribution in [0.2, 0.25) is 0 Å². The molecule has 2 N–H and O–H groups in total. The summed E-state index contributed by atoms with van der Waals surface area (Å²) in [5, 5.41) is 0. The van der Waals surface area contributed by atoms with Crippen molar-refractivity contribution >= 4 is 12.4 Å². The van der Waals surface area contributed by atoms with Crippen LogP contribution in [0.1, 0.15) is 17.5 Å². The maximum absolute atomic E-state index is 5.92. The highest BCUT2D eigenvalue weighted by Crippen LogP contribution is 2.28. The second-order valence-electron chi connectivity index (χ2n) is 3.60. The number of benzene rings is 1. The van der Waals surface area contributed by atoms with E-state index in [2.05, 4.69) is 12.1 Å². The van der Waals surface area contributed by atoms with Crippen LogP contribution in [0.3, 0.4) is 0 Å². The molecule has 3 heteroatoms. The quantitative estimate of drug-likeness (QED) is 0.774. The molecule has 0 unspecified atom stereocenters. The summed E-state index contributed by atoms with van der Waals surface area (Å²) in [6, 6.07) is 6.54. The van der Waals surface area contributed by atoms with Crippen molar-refractivity contribution in [1.82, 2.24) is 0 Å². The van der Waals surface area contributed by atoms with E-state index in [0.29, 0.717) is 6.04 Å². The minimum atomic E-state index is 0. The topological polar surface area (TPSA) is 35.2 Å². The molecule has 0 fully saturated rings. The van der Waals surface area contributed by atoms with Gasteiger partial charge in [0.15, 0.2) is 0 Å². The number of aryl methyl sites for hydroxylation is 1. The Morgan fingerprint density at radius 2 is 2.21 bits per heavy atom. The summed E-state index contributed by atoms with van der Waals surface area (Å²) in [7, 11) is 1.72. The fraction of sp³-hybridized carbons (Fsp3) is 0.455. The first-order valence-electron chi connectivity index (χ1n) is 4.71.